The van der Waals surface area contributed by atoms with Crippen LogP contribution in [0.25, 0.3) is 0 Å². The van der Waals surface area contributed by atoms with E-state index < -0.39 is 11.6 Å². The van der Waals surface area contributed by atoms with Crippen molar-refractivity contribution in [2.24, 2.45) is 0 Å². The minimum atomic E-state index is -0.948. The van der Waals surface area contributed by atoms with Crippen molar-refractivity contribution in [3.8, 4) is 5.75 Å². The lowest BCUT2D eigenvalue weighted by Crippen LogP contribution is -2.23. The monoisotopic (exact) mass is 292 g/mol. The highest BCUT2D eigenvalue weighted by molar-refractivity contribution is 5.95. The van der Waals surface area contributed by atoms with Crippen molar-refractivity contribution in [1.82, 2.24) is 5.32 Å². The normalized spacial score (nSPS) is 10.2. The molecule has 0 aliphatic rings. The summed E-state index contributed by atoms with van der Waals surface area (Å²) in [5.74, 6) is -1.84. The number of nitrogens with one attached hydrogen (secondary N) is 1. The summed E-state index contributed by atoms with van der Waals surface area (Å²) in [5.41, 5.74) is 6.91. The van der Waals surface area contributed by atoms with Crippen molar-refractivity contribution >= 4 is 11.6 Å². The molecule has 2 aromatic rings. The van der Waals surface area contributed by atoms with Crippen LogP contribution in [0.5, 0.6) is 5.75 Å². The summed E-state index contributed by atoms with van der Waals surface area (Å²) >= 11 is 0. The molecule has 21 heavy (non-hydrogen) atoms. The molecule has 0 atom stereocenters. The summed E-state index contributed by atoms with van der Waals surface area (Å²) in [7, 11) is 1.45. The highest BCUT2D eigenvalue weighted by Crippen LogP contribution is 2.22. The molecule has 0 heterocycles. The van der Waals surface area contributed by atoms with E-state index in [1.807, 2.05) is 0 Å². The molecule has 0 aromatic heterocycles. The van der Waals surface area contributed by atoms with E-state index in [1.165, 1.54) is 19.2 Å². The Hall–Kier alpha value is -2.63. The minimum absolute atomic E-state index is 0.0860. The Balaban J connectivity index is 2.06. The minimum Gasteiger partial charge on any atom is -0.495 e. The number of carbonyl (C=O) groups is 1. The number of halogens is 2. The summed E-state index contributed by atoms with van der Waals surface area (Å²) in [6.45, 7) is 0.0860. The first-order valence-corrected chi connectivity index (χ1v) is 6.17. The highest BCUT2D eigenvalue weighted by Gasteiger charge is 2.09. The summed E-state index contributed by atoms with van der Waals surface area (Å²) < 4.78 is 30.9. The first-order chi connectivity index (χ1) is 10.0. The number of ether oxygens (including phenoxy) is 1. The van der Waals surface area contributed by atoms with Gasteiger partial charge in [0.25, 0.3) is 5.91 Å². The quantitative estimate of drug-likeness (QED) is 0.851. The predicted molar refractivity (Wildman–Crippen MR) is 74.9 cm³/mol. The van der Waals surface area contributed by atoms with Crippen molar-refractivity contribution in [3.05, 3.63) is 59.2 Å². The second-order valence-corrected chi connectivity index (χ2v) is 4.39. The molecule has 1 amide bonds. The molecule has 6 heteroatoms. The van der Waals surface area contributed by atoms with Gasteiger partial charge >= 0.3 is 0 Å². The maximum absolute atomic E-state index is 13.1. The molecule has 0 aliphatic carbocycles. The number of rotatable bonds is 4. The van der Waals surface area contributed by atoms with Gasteiger partial charge in [0.15, 0.2) is 11.6 Å². The van der Waals surface area contributed by atoms with Gasteiger partial charge in [-0.15, -0.1) is 0 Å². The molecular weight excluding hydrogens is 278 g/mol. The average molecular weight is 292 g/mol. The van der Waals surface area contributed by atoms with Crippen LogP contribution in [-0.4, -0.2) is 13.0 Å². The molecule has 0 aliphatic heterocycles. The van der Waals surface area contributed by atoms with E-state index in [1.54, 1.807) is 12.1 Å². The lowest BCUT2D eigenvalue weighted by atomic mass is 10.1. The van der Waals surface area contributed by atoms with Gasteiger partial charge in [-0.05, 0) is 35.9 Å². The van der Waals surface area contributed by atoms with Gasteiger partial charge in [-0.3, -0.25) is 4.79 Å². The van der Waals surface area contributed by atoms with Crippen LogP contribution in [0.4, 0.5) is 14.5 Å². The van der Waals surface area contributed by atoms with E-state index in [-0.39, 0.29) is 12.5 Å². The molecule has 0 saturated heterocycles. The highest BCUT2D eigenvalue weighted by atomic mass is 19.2. The number of methoxy groups -OCH3 is 1. The van der Waals surface area contributed by atoms with E-state index in [4.69, 9.17) is 10.5 Å². The van der Waals surface area contributed by atoms with Gasteiger partial charge in [-0.1, -0.05) is 6.07 Å². The summed E-state index contributed by atoms with van der Waals surface area (Å²) in [6.07, 6.45) is 0. The van der Waals surface area contributed by atoms with Crippen molar-refractivity contribution < 1.29 is 18.3 Å². The zero-order valence-corrected chi connectivity index (χ0v) is 11.3. The smallest absolute Gasteiger partial charge is 0.251 e. The van der Waals surface area contributed by atoms with Crippen molar-refractivity contribution in [3.63, 3.8) is 0 Å². The van der Waals surface area contributed by atoms with E-state index in [0.29, 0.717) is 22.6 Å². The SMILES string of the molecule is COc1cc(C(=O)NCc2ccc(F)c(F)c2)ccc1N. The summed E-state index contributed by atoms with van der Waals surface area (Å²) in [5, 5.41) is 2.61. The second-order valence-electron chi connectivity index (χ2n) is 4.39. The second kappa shape index (κ2) is 6.21. The molecular formula is C15H14F2N2O2. The van der Waals surface area contributed by atoms with E-state index in [0.717, 1.165) is 12.1 Å². The largest absolute Gasteiger partial charge is 0.495 e. The lowest BCUT2D eigenvalue weighted by Gasteiger charge is -2.09. The third-order valence-corrected chi connectivity index (χ3v) is 2.93. The Morgan fingerprint density at radius 3 is 2.62 bits per heavy atom. The number of benzene rings is 2. The maximum atomic E-state index is 13.1. The number of nitrogen functional groups attached to an aromatic ring is 1. The zero-order chi connectivity index (χ0) is 15.4. The number of amides is 1. The van der Waals surface area contributed by atoms with Gasteiger partial charge in [0.2, 0.25) is 0 Å². The van der Waals surface area contributed by atoms with Crippen LogP contribution in [0.1, 0.15) is 15.9 Å². The van der Waals surface area contributed by atoms with Crippen LogP contribution >= 0.6 is 0 Å². The standard InChI is InChI=1S/C15H14F2N2O2/c1-21-14-7-10(3-5-13(14)18)15(20)19-8-9-2-4-11(16)12(17)6-9/h2-7H,8,18H2,1H3,(H,19,20). The molecule has 0 bridgehead atoms. The first-order valence-electron chi connectivity index (χ1n) is 6.17. The Morgan fingerprint density at radius 1 is 1.19 bits per heavy atom. The van der Waals surface area contributed by atoms with Gasteiger partial charge in [-0.25, -0.2) is 8.78 Å². The molecule has 3 N–H and O–H groups in total. The number of nitrogens with two attached hydrogens (primary N) is 1. The van der Waals surface area contributed by atoms with E-state index in [2.05, 4.69) is 5.32 Å². The van der Waals surface area contributed by atoms with Crippen LogP contribution in [-0.2, 0) is 6.54 Å². The van der Waals surface area contributed by atoms with Gasteiger partial charge in [0.05, 0.1) is 12.8 Å². The maximum Gasteiger partial charge on any atom is 0.251 e. The summed E-state index contributed by atoms with van der Waals surface area (Å²) in [4.78, 5) is 12.0. The Morgan fingerprint density at radius 2 is 1.95 bits per heavy atom. The van der Waals surface area contributed by atoms with Crippen LogP contribution in [0.15, 0.2) is 36.4 Å². The molecule has 2 rings (SSSR count). The predicted octanol–water partition coefficient (Wildman–Crippen LogP) is 2.49. The molecule has 0 spiro atoms. The van der Waals surface area contributed by atoms with Crippen molar-refractivity contribution in [1.29, 1.82) is 0 Å². The fourth-order valence-electron chi connectivity index (χ4n) is 1.79. The van der Waals surface area contributed by atoms with Gasteiger partial charge in [0.1, 0.15) is 5.75 Å². The number of carbonyl (C=O) groups excluding carboxylic acids is 1. The van der Waals surface area contributed by atoms with E-state index >= 15 is 0 Å². The van der Waals surface area contributed by atoms with Crippen LogP contribution in [0.2, 0.25) is 0 Å². The van der Waals surface area contributed by atoms with Gasteiger partial charge < -0.3 is 15.8 Å². The lowest BCUT2D eigenvalue weighted by molar-refractivity contribution is 0.0950. The van der Waals surface area contributed by atoms with Crippen LogP contribution in [0, 0.1) is 11.6 Å². The summed E-state index contributed by atoms with van der Waals surface area (Å²) in [6, 6.07) is 8.09. The van der Waals surface area contributed by atoms with Gasteiger partial charge in [0, 0.05) is 12.1 Å². The average Bonchev–Trinajstić information content (AvgIpc) is 2.48. The Bertz CT molecular complexity index is 675. The molecule has 0 radical (unpaired) electrons. The zero-order valence-electron chi connectivity index (χ0n) is 11.3. The van der Waals surface area contributed by atoms with E-state index in [9.17, 15) is 13.6 Å². The third-order valence-electron chi connectivity index (χ3n) is 2.93. The Labute approximate surface area is 120 Å². The molecule has 4 nitrogen and oxygen atoms in total. The van der Waals surface area contributed by atoms with Crippen LogP contribution < -0.4 is 15.8 Å². The number of hydrogen-bond acceptors (Lipinski definition) is 3. The van der Waals surface area contributed by atoms with Crippen molar-refractivity contribution in [2.45, 2.75) is 6.54 Å². The topological polar surface area (TPSA) is 64.3 Å². The van der Waals surface area contributed by atoms with Crippen LogP contribution in [0.3, 0.4) is 0 Å². The molecule has 0 unspecified atom stereocenters. The Kier molecular flexibility index (Phi) is 4.37. The molecule has 2 aromatic carbocycles. The fraction of sp³-hybridized carbons (Fsp3) is 0.133. The first kappa shape index (κ1) is 14.8. The third kappa shape index (κ3) is 3.47. The van der Waals surface area contributed by atoms with Crippen molar-refractivity contribution in [2.75, 3.05) is 12.8 Å². The molecule has 0 saturated carbocycles. The molecule has 110 valence electrons. The van der Waals surface area contributed by atoms with Gasteiger partial charge in [-0.2, -0.15) is 0 Å². The number of anilines is 1. The fourth-order valence-corrected chi connectivity index (χ4v) is 1.79. The number of hydrogen-bond donors (Lipinski definition) is 2. The molecule has 0 fully saturated rings.